The minimum Gasteiger partial charge on any atom is -0.377 e. The van der Waals surface area contributed by atoms with Gasteiger partial charge in [0.1, 0.15) is 5.60 Å². The molecule has 1 aromatic carbocycles. The first-order chi connectivity index (χ1) is 13.7. The maximum Gasteiger partial charge on any atom is 0.219 e. The highest BCUT2D eigenvalue weighted by molar-refractivity contribution is 5.73. The van der Waals surface area contributed by atoms with E-state index in [1.165, 1.54) is 0 Å². The average molecular weight is 384 g/mol. The van der Waals surface area contributed by atoms with Crippen molar-refractivity contribution in [1.82, 2.24) is 20.4 Å². The molecule has 1 spiro atoms. The Morgan fingerprint density at radius 3 is 3.07 bits per heavy atom. The van der Waals surface area contributed by atoms with Gasteiger partial charge in [0, 0.05) is 32.1 Å². The molecule has 2 aliphatic rings. The van der Waals surface area contributed by atoms with Crippen molar-refractivity contribution >= 4 is 5.91 Å². The van der Waals surface area contributed by atoms with Crippen LogP contribution in [0.15, 0.2) is 36.5 Å². The summed E-state index contributed by atoms with van der Waals surface area (Å²) in [6.45, 7) is 5.52. The lowest BCUT2D eigenvalue weighted by Crippen LogP contribution is -2.46. The van der Waals surface area contributed by atoms with Crippen LogP contribution in [0.5, 0.6) is 0 Å². The summed E-state index contributed by atoms with van der Waals surface area (Å²) in [7, 11) is 0. The summed E-state index contributed by atoms with van der Waals surface area (Å²) in [6, 6.07) is 10.2. The van der Waals surface area contributed by atoms with Gasteiger partial charge in [-0.2, -0.15) is 5.10 Å². The van der Waals surface area contributed by atoms with Gasteiger partial charge in [-0.3, -0.25) is 9.89 Å². The number of aromatic nitrogens is 2. The first kappa shape index (κ1) is 19.1. The van der Waals surface area contributed by atoms with Crippen molar-refractivity contribution in [2.75, 3.05) is 32.8 Å². The van der Waals surface area contributed by atoms with E-state index < -0.39 is 0 Å². The Hall–Kier alpha value is -2.22. The summed E-state index contributed by atoms with van der Waals surface area (Å²) in [5.74, 6) is 0.0865. The van der Waals surface area contributed by atoms with Gasteiger partial charge in [-0.25, -0.2) is 0 Å². The van der Waals surface area contributed by atoms with Gasteiger partial charge in [0.2, 0.25) is 5.91 Å². The molecule has 2 aromatic rings. The Balaban J connectivity index is 1.31. The number of nitrogens with zero attached hydrogens (tertiary/aromatic N) is 2. The van der Waals surface area contributed by atoms with Crippen molar-refractivity contribution in [2.45, 2.75) is 38.0 Å². The molecule has 3 heterocycles. The van der Waals surface area contributed by atoms with Gasteiger partial charge >= 0.3 is 0 Å². The zero-order chi connectivity index (χ0) is 19.4. The van der Waals surface area contributed by atoms with E-state index in [2.05, 4.69) is 27.6 Å². The standard InChI is InChI=1S/C21H28N4O3/c1-16(26)25-9-10-27-15-21(14-25)8-7-19(28-21)13-22-11-18-12-23-24-20(18)17-5-3-2-4-6-17/h2-6,12,19,22H,7-11,13-15H2,1H3,(H,23,24)/t19-,21+/m1/s1. The predicted octanol–water partition coefficient (Wildman–Crippen LogP) is 1.96. The zero-order valence-electron chi connectivity index (χ0n) is 16.3. The normalized spacial score (nSPS) is 25.2. The summed E-state index contributed by atoms with van der Waals surface area (Å²) in [4.78, 5) is 13.7. The molecule has 2 aliphatic heterocycles. The van der Waals surface area contributed by atoms with Crippen molar-refractivity contribution in [2.24, 2.45) is 0 Å². The number of H-pyrrole nitrogens is 1. The number of nitrogens with one attached hydrogen (secondary N) is 2. The molecule has 0 unspecified atom stereocenters. The second-order valence-electron chi connectivity index (χ2n) is 7.72. The quantitative estimate of drug-likeness (QED) is 0.824. The number of amides is 1. The minimum absolute atomic E-state index is 0.0865. The summed E-state index contributed by atoms with van der Waals surface area (Å²) in [6.07, 6.45) is 3.89. The zero-order valence-corrected chi connectivity index (χ0v) is 16.3. The molecule has 4 rings (SSSR count). The Labute approximate surface area is 165 Å². The van der Waals surface area contributed by atoms with Crippen molar-refractivity contribution in [1.29, 1.82) is 0 Å². The van der Waals surface area contributed by atoms with Crippen LogP contribution in [-0.4, -0.2) is 65.6 Å². The molecule has 7 nitrogen and oxygen atoms in total. The lowest BCUT2D eigenvalue weighted by atomic mass is 10.00. The van der Waals surface area contributed by atoms with Crippen LogP contribution in [0.25, 0.3) is 11.3 Å². The van der Waals surface area contributed by atoms with Gasteiger partial charge in [0.05, 0.1) is 37.8 Å². The molecule has 7 heteroatoms. The molecule has 150 valence electrons. The third-order valence-electron chi connectivity index (χ3n) is 5.60. The number of hydrogen-bond acceptors (Lipinski definition) is 5. The summed E-state index contributed by atoms with van der Waals surface area (Å²) < 4.78 is 12.1. The maximum atomic E-state index is 11.8. The van der Waals surface area contributed by atoms with Gasteiger partial charge in [-0.05, 0) is 18.4 Å². The van der Waals surface area contributed by atoms with E-state index in [0.29, 0.717) is 26.3 Å². The van der Waals surface area contributed by atoms with E-state index in [1.807, 2.05) is 29.3 Å². The van der Waals surface area contributed by atoms with Crippen LogP contribution in [0.2, 0.25) is 0 Å². The van der Waals surface area contributed by atoms with Gasteiger partial charge < -0.3 is 19.7 Å². The lowest BCUT2D eigenvalue weighted by molar-refractivity contribution is -0.133. The molecule has 0 radical (unpaired) electrons. The Morgan fingerprint density at radius 2 is 2.25 bits per heavy atom. The van der Waals surface area contributed by atoms with E-state index >= 15 is 0 Å². The highest BCUT2D eigenvalue weighted by Gasteiger charge is 2.43. The first-order valence-corrected chi connectivity index (χ1v) is 9.95. The molecular weight excluding hydrogens is 356 g/mol. The molecule has 0 saturated carbocycles. The fourth-order valence-corrected chi connectivity index (χ4v) is 4.10. The Kier molecular flexibility index (Phi) is 5.75. The van der Waals surface area contributed by atoms with Crippen LogP contribution >= 0.6 is 0 Å². The van der Waals surface area contributed by atoms with Gasteiger partial charge in [0.15, 0.2) is 0 Å². The number of ether oxygens (including phenoxy) is 2. The molecule has 2 saturated heterocycles. The second kappa shape index (κ2) is 8.43. The Morgan fingerprint density at radius 1 is 1.39 bits per heavy atom. The Bertz CT molecular complexity index is 794. The van der Waals surface area contributed by atoms with Crippen molar-refractivity contribution in [3.05, 3.63) is 42.1 Å². The minimum atomic E-state index is -0.362. The molecule has 1 amide bonds. The number of carbonyl (C=O) groups is 1. The smallest absolute Gasteiger partial charge is 0.219 e. The third kappa shape index (κ3) is 4.27. The SMILES string of the molecule is CC(=O)N1CCOC[C@]2(CC[C@H](CNCc3cn[nH]c3-c3ccccc3)O2)C1. The van der Waals surface area contributed by atoms with E-state index in [-0.39, 0.29) is 17.6 Å². The molecule has 2 atom stereocenters. The van der Waals surface area contributed by atoms with Crippen LogP contribution in [0.4, 0.5) is 0 Å². The van der Waals surface area contributed by atoms with Crippen molar-refractivity contribution in [3.63, 3.8) is 0 Å². The van der Waals surface area contributed by atoms with Crippen LogP contribution in [0, 0.1) is 0 Å². The van der Waals surface area contributed by atoms with E-state index in [4.69, 9.17) is 9.47 Å². The fraction of sp³-hybridized carbons (Fsp3) is 0.524. The molecule has 2 fully saturated rings. The van der Waals surface area contributed by atoms with Gasteiger partial charge in [-0.15, -0.1) is 0 Å². The highest BCUT2D eigenvalue weighted by atomic mass is 16.6. The molecule has 28 heavy (non-hydrogen) atoms. The molecular formula is C21H28N4O3. The van der Waals surface area contributed by atoms with Gasteiger partial charge in [0.25, 0.3) is 0 Å². The third-order valence-corrected chi connectivity index (χ3v) is 5.60. The second-order valence-corrected chi connectivity index (χ2v) is 7.72. The van der Waals surface area contributed by atoms with Crippen LogP contribution in [0.1, 0.15) is 25.3 Å². The monoisotopic (exact) mass is 384 g/mol. The van der Waals surface area contributed by atoms with Crippen LogP contribution in [-0.2, 0) is 20.8 Å². The largest absolute Gasteiger partial charge is 0.377 e. The van der Waals surface area contributed by atoms with Crippen molar-refractivity contribution in [3.8, 4) is 11.3 Å². The number of hydrogen-bond donors (Lipinski definition) is 2. The first-order valence-electron chi connectivity index (χ1n) is 9.95. The number of carbonyl (C=O) groups excluding carboxylic acids is 1. The number of rotatable bonds is 5. The van der Waals surface area contributed by atoms with Crippen LogP contribution in [0.3, 0.4) is 0 Å². The fourth-order valence-electron chi connectivity index (χ4n) is 4.10. The number of benzene rings is 1. The summed E-state index contributed by atoms with van der Waals surface area (Å²) in [5, 5.41) is 10.8. The highest BCUT2D eigenvalue weighted by Crippen LogP contribution is 2.33. The summed E-state index contributed by atoms with van der Waals surface area (Å²) >= 11 is 0. The van der Waals surface area contributed by atoms with E-state index in [0.717, 1.165) is 42.8 Å². The molecule has 1 aromatic heterocycles. The molecule has 2 N–H and O–H groups in total. The summed E-state index contributed by atoms with van der Waals surface area (Å²) in [5.41, 5.74) is 2.96. The van der Waals surface area contributed by atoms with Gasteiger partial charge in [-0.1, -0.05) is 30.3 Å². The average Bonchev–Trinajstić information content (AvgIpc) is 3.26. The van der Waals surface area contributed by atoms with Crippen LogP contribution < -0.4 is 5.32 Å². The lowest BCUT2D eigenvalue weighted by Gasteiger charge is -2.31. The van der Waals surface area contributed by atoms with Crippen molar-refractivity contribution < 1.29 is 14.3 Å². The number of aromatic amines is 1. The topological polar surface area (TPSA) is 79.5 Å². The predicted molar refractivity (Wildman–Crippen MR) is 106 cm³/mol. The molecule has 0 aliphatic carbocycles. The maximum absolute atomic E-state index is 11.8. The van der Waals surface area contributed by atoms with E-state index in [9.17, 15) is 4.79 Å². The molecule has 0 bridgehead atoms. The van der Waals surface area contributed by atoms with E-state index in [1.54, 1.807) is 6.92 Å².